The summed E-state index contributed by atoms with van der Waals surface area (Å²) in [6, 6.07) is 53.6. The van der Waals surface area contributed by atoms with Crippen LogP contribution < -0.4 is 4.90 Å². The second-order valence-corrected chi connectivity index (χ2v) is 10.3. The molecule has 0 heterocycles. The molecule has 0 amide bonds. The molecule has 0 aliphatic rings. The zero-order valence-corrected chi connectivity index (χ0v) is 24.0. The molecule has 0 bridgehead atoms. The van der Waals surface area contributed by atoms with Gasteiger partial charge in [-0.05, 0) is 106 Å². The molecule has 0 spiro atoms. The molecular weight excluding hydrogens is 550 g/mol. The molecule has 0 fully saturated rings. The van der Waals surface area contributed by atoms with E-state index in [1.165, 1.54) is 0 Å². The van der Waals surface area contributed by atoms with Crippen LogP contribution in [0.4, 0.5) is 17.1 Å². The minimum absolute atomic E-state index is 0.352. The molecular formula is C40H23N5. The predicted molar refractivity (Wildman–Crippen MR) is 176 cm³/mol. The molecule has 5 nitrogen and oxygen atoms in total. The SMILES string of the molecule is N#Cc1ccc(-c2ccc(N(c3ccc(-c4ccc(C#N)cc4)cc3)c3ccc(-c4ccc(C#N)c(C#N)c4)cc3)cc2)cc1. The van der Waals surface area contributed by atoms with Gasteiger partial charge in [-0.25, -0.2) is 0 Å². The first-order valence-electron chi connectivity index (χ1n) is 14.2. The third kappa shape index (κ3) is 5.88. The maximum Gasteiger partial charge on any atom is 0.101 e. The predicted octanol–water partition coefficient (Wildman–Crippen LogP) is 9.64. The normalized spacial score (nSPS) is 10.1. The van der Waals surface area contributed by atoms with Crippen molar-refractivity contribution in [3.63, 3.8) is 0 Å². The van der Waals surface area contributed by atoms with E-state index < -0.39 is 0 Å². The Morgan fingerprint density at radius 3 is 0.956 bits per heavy atom. The molecule has 0 unspecified atom stereocenters. The molecule has 0 radical (unpaired) electrons. The Morgan fingerprint density at radius 1 is 0.311 bits per heavy atom. The summed E-state index contributed by atoms with van der Waals surface area (Å²) in [5.74, 6) is 0. The minimum Gasteiger partial charge on any atom is -0.311 e. The van der Waals surface area contributed by atoms with Gasteiger partial charge in [0, 0.05) is 17.1 Å². The lowest BCUT2D eigenvalue weighted by Gasteiger charge is -2.26. The molecule has 45 heavy (non-hydrogen) atoms. The zero-order valence-electron chi connectivity index (χ0n) is 24.0. The van der Waals surface area contributed by atoms with Crippen LogP contribution >= 0.6 is 0 Å². The summed E-state index contributed by atoms with van der Waals surface area (Å²) in [6.45, 7) is 0. The molecule has 208 valence electrons. The van der Waals surface area contributed by atoms with E-state index in [0.717, 1.165) is 50.4 Å². The monoisotopic (exact) mass is 573 g/mol. The van der Waals surface area contributed by atoms with Crippen LogP contribution in [0.25, 0.3) is 33.4 Å². The van der Waals surface area contributed by atoms with E-state index in [4.69, 9.17) is 10.5 Å². The number of nitriles is 4. The van der Waals surface area contributed by atoms with Gasteiger partial charge in [-0.2, -0.15) is 21.0 Å². The van der Waals surface area contributed by atoms with Crippen LogP contribution in [0.15, 0.2) is 140 Å². The van der Waals surface area contributed by atoms with Crippen molar-refractivity contribution < 1.29 is 0 Å². The number of hydrogen-bond acceptors (Lipinski definition) is 5. The summed E-state index contributed by atoms with van der Waals surface area (Å²) in [5, 5.41) is 37.1. The summed E-state index contributed by atoms with van der Waals surface area (Å²) in [6.07, 6.45) is 0. The topological polar surface area (TPSA) is 98.4 Å². The molecule has 0 N–H and O–H groups in total. The summed E-state index contributed by atoms with van der Waals surface area (Å²) < 4.78 is 0. The first-order valence-corrected chi connectivity index (χ1v) is 14.2. The second-order valence-electron chi connectivity index (χ2n) is 10.3. The van der Waals surface area contributed by atoms with Crippen LogP contribution in [-0.2, 0) is 0 Å². The number of nitrogens with zero attached hydrogens (tertiary/aromatic N) is 5. The Morgan fingerprint density at radius 2 is 0.622 bits per heavy atom. The van der Waals surface area contributed by atoms with E-state index in [1.54, 1.807) is 12.1 Å². The highest BCUT2D eigenvalue weighted by Crippen LogP contribution is 2.38. The Hall–Kier alpha value is -6.92. The van der Waals surface area contributed by atoms with Gasteiger partial charge in [0.25, 0.3) is 0 Å². The van der Waals surface area contributed by atoms with E-state index in [-0.39, 0.29) is 0 Å². The van der Waals surface area contributed by atoms with Gasteiger partial charge >= 0.3 is 0 Å². The number of anilines is 3. The molecule has 6 aromatic carbocycles. The van der Waals surface area contributed by atoms with Crippen molar-refractivity contribution in [1.29, 1.82) is 21.0 Å². The van der Waals surface area contributed by atoms with Gasteiger partial charge in [0.15, 0.2) is 0 Å². The van der Waals surface area contributed by atoms with Crippen molar-refractivity contribution in [2.45, 2.75) is 0 Å². The Bertz CT molecular complexity index is 2050. The van der Waals surface area contributed by atoms with Crippen LogP contribution in [0.3, 0.4) is 0 Å². The van der Waals surface area contributed by atoms with Crippen molar-refractivity contribution in [2.24, 2.45) is 0 Å². The fourth-order valence-corrected chi connectivity index (χ4v) is 5.24. The smallest absolute Gasteiger partial charge is 0.101 e. The Balaban J connectivity index is 1.37. The maximum atomic E-state index is 9.49. The lowest BCUT2D eigenvalue weighted by molar-refractivity contribution is 1.28. The molecule has 0 atom stereocenters. The highest BCUT2D eigenvalue weighted by molar-refractivity contribution is 5.81. The van der Waals surface area contributed by atoms with Crippen LogP contribution in [0, 0.1) is 45.3 Å². The van der Waals surface area contributed by atoms with Crippen molar-refractivity contribution >= 4 is 17.1 Å². The molecule has 6 rings (SSSR count). The second kappa shape index (κ2) is 12.5. The first kappa shape index (κ1) is 28.2. The molecule has 6 aromatic rings. The van der Waals surface area contributed by atoms with Crippen molar-refractivity contribution in [3.8, 4) is 57.7 Å². The fourth-order valence-electron chi connectivity index (χ4n) is 5.24. The summed E-state index contributed by atoms with van der Waals surface area (Å²) in [4.78, 5) is 2.17. The van der Waals surface area contributed by atoms with Gasteiger partial charge in [0.05, 0.1) is 34.4 Å². The Kier molecular flexibility index (Phi) is 7.85. The molecule has 0 saturated carbocycles. The average molecular weight is 574 g/mol. The average Bonchev–Trinajstić information content (AvgIpc) is 3.12. The molecule has 0 aliphatic heterocycles. The van der Waals surface area contributed by atoms with Gasteiger partial charge in [-0.3, -0.25) is 0 Å². The van der Waals surface area contributed by atoms with E-state index in [0.29, 0.717) is 22.3 Å². The quantitative estimate of drug-likeness (QED) is 0.197. The summed E-state index contributed by atoms with van der Waals surface area (Å²) in [5.41, 5.74) is 10.8. The van der Waals surface area contributed by atoms with Crippen LogP contribution in [0.5, 0.6) is 0 Å². The first-order chi connectivity index (χ1) is 22.1. The molecule has 5 heteroatoms. The van der Waals surface area contributed by atoms with Crippen LogP contribution in [0.2, 0.25) is 0 Å². The summed E-state index contributed by atoms with van der Waals surface area (Å²) >= 11 is 0. The number of benzene rings is 6. The van der Waals surface area contributed by atoms with Gasteiger partial charge in [0.1, 0.15) is 12.1 Å². The highest BCUT2D eigenvalue weighted by atomic mass is 15.1. The lowest BCUT2D eigenvalue weighted by Crippen LogP contribution is -2.09. The van der Waals surface area contributed by atoms with E-state index in [2.05, 4.69) is 77.7 Å². The standard InChI is InChI=1S/C40H23N5/c41-24-28-1-5-30(6-2-28)32-11-17-38(18-12-32)45(39-19-13-33(14-20-39)31-7-3-29(25-42)4-8-31)40-21-15-34(16-22-40)35-9-10-36(26-43)37(23-35)27-44/h1-23H. The molecule has 0 aromatic heterocycles. The van der Waals surface area contributed by atoms with Gasteiger partial charge < -0.3 is 4.90 Å². The van der Waals surface area contributed by atoms with E-state index in [1.807, 2.05) is 78.9 Å². The molecule has 0 aliphatic carbocycles. The maximum absolute atomic E-state index is 9.49. The van der Waals surface area contributed by atoms with E-state index in [9.17, 15) is 10.5 Å². The van der Waals surface area contributed by atoms with Crippen molar-refractivity contribution in [3.05, 3.63) is 162 Å². The minimum atomic E-state index is 0.352. The van der Waals surface area contributed by atoms with Crippen LogP contribution in [-0.4, -0.2) is 0 Å². The molecule has 0 saturated heterocycles. The van der Waals surface area contributed by atoms with E-state index >= 15 is 0 Å². The largest absolute Gasteiger partial charge is 0.311 e. The van der Waals surface area contributed by atoms with Crippen molar-refractivity contribution in [1.82, 2.24) is 0 Å². The zero-order chi connectivity index (χ0) is 31.2. The lowest BCUT2D eigenvalue weighted by atomic mass is 9.99. The number of rotatable bonds is 6. The highest BCUT2D eigenvalue weighted by Gasteiger charge is 2.14. The third-order valence-electron chi connectivity index (χ3n) is 7.66. The van der Waals surface area contributed by atoms with Crippen molar-refractivity contribution in [2.75, 3.05) is 4.90 Å². The van der Waals surface area contributed by atoms with Gasteiger partial charge in [-0.15, -0.1) is 0 Å². The van der Waals surface area contributed by atoms with Gasteiger partial charge in [-0.1, -0.05) is 66.7 Å². The van der Waals surface area contributed by atoms with Crippen LogP contribution in [0.1, 0.15) is 22.3 Å². The fraction of sp³-hybridized carbons (Fsp3) is 0. The number of hydrogen-bond donors (Lipinski definition) is 0. The summed E-state index contributed by atoms with van der Waals surface area (Å²) in [7, 11) is 0. The van der Waals surface area contributed by atoms with Gasteiger partial charge in [0.2, 0.25) is 0 Å². The Labute approximate surface area is 262 Å². The third-order valence-corrected chi connectivity index (χ3v) is 7.66.